The van der Waals surface area contributed by atoms with E-state index in [4.69, 9.17) is 9.15 Å². The average molecular weight is 475 g/mol. The monoisotopic (exact) mass is 474 g/mol. The number of para-hydroxylation sites is 1. The molecule has 3 N–H and O–H groups in total. The van der Waals surface area contributed by atoms with Crippen LogP contribution in [0.25, 0.3) is 27.4 Å². The summed E-state index contributed by atoms with van der Waals surface area (Å²) in [5, 5.41) is 14.3. The zero-order chi connectivity index (χ0) is 25.3. The van der Waals surface area contributed by atoms with Gasteiger partial charge in [0.15, 0.2) is 0 Å². The molecule has 0 fully saturated rings. The van der Waals surface area contributed by atoms with E-state index in [0.29, 0.717) is 17.9 Å². The van der Waals surface area contributed by atoms with E-state index in [1.807, 2.05) is 65.0 Å². The Morgan fingerprint density at radius 3 is 2.63 bits per heavy atom. The number of allylic oxidation sites excluding steroid dienone is 1. The molecule has 4 aromatic rings. The number of nitrogens with one attached hydrogen (secondary N) is 2. The van der Waals surface area contributed by atoms with Crippen molar-refractivity contribution in [2.24, 2.45) is 0 Å². The number of furan rings is 1. The number of aromatic nitrogens is 1. The van der Waals surface area contributed by atoms with Gasteiger partial charge in [-0.05, 0) is 63.5 Å². The first-order valence-electron chi connectivity index (χ1n) is 11.6. The van der Waals surface area contributed by atoms with E-state index in [1.165, 1.54) is 6.08 Å². The average Bonchev–Trinajstić information content (AvgIpc) is 3.36. The molecule has 0 aliphatic heterocycles. The van der Waals surface area contributed by atoms with Crippen LogP contribution in [0.1, 0.15) is 41.9 Å². The number of fused-ring (bicyclic) bond motifs is 2. The number of carbonyl (C=O) groups excluding carboxylic acids is 1. The van der Waals surface area contributed by atoms with E-state index in [-0.39, 0.29) is 6.42 Å². The molecule has 2 heterocycles. The van der Waals surface area contributed by atoms with Gasteiger partial charge in [-0.1, -0.05) is 18.2 Å². The summed E-state index contributed by atoms with van der Waals surface area (Å²) in [5.74, 6) is -0.0750. The molecular formula is C28H30N2O5. The summed E-state index contributed by atoms with van der Waals surface area (Å²) in [5.41, 5.74) is 5.88. The fourth-order valence-electron chi connectivity index (χ4n) is 4.44. The van der Waals surface area contributed by atoms with Crippen LogP contribution in [-0.2, 0) is 16.0 Å². The van der Waals surface area contributed by atoms with E-state index < -0.39 is 17.9 Å². The Labute approximate surface area is 203 Å². The first kappa shape index (κ1) is 24.1. The standard InChI is InChI=1S/C28H30N2O5/c1-6-34-26-17(4)27-22(16(3)18(5)35-27)13-21(26)15(2)11-25(31)30-24(28(32)33)12-19-14-29-23-10-8-7-9-20(19)23/h7-11,13-14,24,29H,6,12H2,1-5H3,(H,30,31)(H,32,33)/b15-11+. The van der Waals surface area contributed by atoms with E-state index in [1.54, 1.807) is 6.20 Å². The van der Waals surface area contributed by atoms with Crippen LogP contribution >= 0.6 is 0 Å². The first-order valence-corrected chi connectivity index (χ1v) is 11.6. The van der Waals surface area contributed by atoms with E-state index in [9.17, 15) is 14.7 Å². The van der Waals surface area contributed by atoms with Crippen LogP contribution < -0.4 is 10.1 Å². The van der Waals surface area contributed by atoms with Gasteiger partial charge in [0, 0.05) is 46.1 Å². The number of carboxylic acid groups (broad SMARTS) is 1. The Morgan fingerprint density at radius 2 is 1.91 bits per heavy atom. The Bertz CT molecular complexity index is 1460. The maximum atomic E-state index is 12.9. The van der Waals surface area contributed by atoms with Crippen LogP contribution in [-0.4, -0.2) is 34.6 Å². The van der Waals surface area contributed by atoms with Gasteiger partial charge in [0.25, 0.3) is 0 Å². The highest BCUT2D eigenvalue weighted by atomic mass is 16.5. The molecule has 0 radical (unpaired) electrons. The molecule has 7 nitrogen and oxygen atoms in total. The van der Waals surface area contributed by atoms with Crippen LogP contribution in [0.15, 0.2) is 47.0 Å². The fourth-order valence-corrected chi connectivity index (χ4v) is 4.44. The Balaban J connectivity index is 1.63. The number of rotatable bonds is 8. The second-order valence-corrected chi connectivity index (χ2v) is 8.76. The third-order valence-corrected chi connectivity index (χ3v) is 6.42. The molecule has 2 aromatic heterocycles. The van der Waals surface area contributed by atoms with Gasteiger partial charge in [0.05, 0.1) is 6.61 Å². The van der Waals surface area contributed by atoms with Crippen LogP contribution in [0.2, 0.25) is 0 Å². The lowest BCUT2D eigenvalue weighted by atomic mass is 9.98. The molecule has 0 aliphatic rings. The van der Waals surface area contributed by atoms with Gasteiger partial charge in [0.1, 0.15) is 23.1 Å². The lowest BCUT2D eigenvalue weighted by molar-refractivity contribution is -0.141. The molecule has 35 heavy (non-hydrogen) atoms. The number of carbonyl (C=O) groups is 2. The zero-order valence-corrected chi connectivity index (χ0v) is 20.6. The summed E-state index contributed by atoms with van der Waals surface area (Å²) in [7, 11) is 0. The maximum Gasteiger partial charge on any atom is 0.326 e. The van der Waals surface area contributed by atoms with Gasteiger partial charge in [0.2, 0.25) is 5.91 Å². The van der Waals surface area contributed by atoms with Gasteiger partial charge in [-0.25, -0.2) is 4.79 Å². The minimum atomic E-state index is -1.09. The number of hydrogen-bond donors (Lipinski definition) is 3. The number of amides is 1. The molecule has 0 bridgehead atoms. The molecule has 0 aliphatic carbocycles. The topological polar surface area (TPSA) is 105 Å². The number of ether oxygens (including phenoxy) is 1. The van der Waals surface area contributed by atoms with Crippen molar-refractivity contribution in [1.29, 1.82) is 0 Å². The molecule has 0 saturated carbocycles. The summed E-state index contributed by atoms with van der Waals surface area (Å²) >= 11 is 0. The Morgan fingerprint density at radius 1 is 1.17 bits per heavy atom. The predicted octanol–water partition coefficient (Wildman–Crippen LogP) is 5.45. The van der Waals surface area contributed by atoms with Crippen molar-refractivity contribution in [2.45, 2.75) is 47.1 Å². The molecule has 7 heteroatoms. The summed E-state index contributed by atoms with van der Waals surface area (Å²) in [6, 6.07) is 8.57. The predicted molar refractivity (Wildman–Crippen MR) is 137 cm³/mol. The molecule has 1 atom stereocenters. The number of hydrogen-bond acceptors (Lipinski definition) is 4. The SMILES string of the molecule is CCOc1c(/C(C)=C/C(=O)NC(Cc2c[nH]c3ccccc23)C(=O)O)cc2c(C)c(C)oc2c1C. The molecule has 2 aromatic carbocycles. The first-order chi connectivity index (χ1) is 16.7. The Hall–Kier alpha value is -4.00. The Kier molecular flexibility index (Phi) is 6.69. The lowest BCUT2D eigenvalue weighted by Gasteiger charge is -2.16. The van der Waals surface area contributed by atoms with Crippen molar-refractivity contribution in [3.63, 3.8) is 0 Å². The number of aromatic amines is 1. The highest BCUT2D eigenvalue weighted by molar-refractivity contribution is 5.99. The number of carboxylic acids is 1. The van der Waals surface area contributed by atoms with Crippen molar-refractivity contribution in [3.8, 4) is 5.75 Å². The zero-order valence-electron chi connectivity index (χ0n) is 20.6. The van der Waals surface area contributed by atoms with Crippen molar-refractivity contribution >= 4 is 39.3 Å². The highest BCUT2D eigenvalue weighted by Gasteiger charge is 2.23. The van der Waals surface area contributed by atoms with E-state index >= 15 is 0 Å². The quantitative estimate of drug-likeness (QED) is 0.295. The maximum absolute atomic E-state index is 12.9. The number of aliphatic carboxylic acids is 1. The van der Waals surface area contributed by atoms with E-state index in [0.717, 1.165) is 49.9 Å². The summed E-state index contributed by atoms with van der Waals surface area (Å²) in [6.45, 7) is 10.0. The number of H-pyrrole nitrogens is 1. The van der Waals surface area contributed by atoms with Gasteiger partial charge in [-0.2, -0.15) is 0 Å². The highest BCUT2D eigenvalue weighted by Crippen LogP contribution is 2.38. The van der Waals surface area contributed by atoms with Crippen LogP contribution in [0, 0.1) is 20.8 Å². The van der Waals surface area contributed by atoms with Crippen LogP contribution in [0.3, 0.4) is 0 Å². The van der Waals surface area contributed by atoms with Crippen molar-refractivity contribution in [3.05, 3.63) is 70.6 Å². The minimum absolute atomic E-state index is 0.167. The molecule has 0 saturated heterocycles. The van der Waals surface area contributed by atoms with Crippen molar-refractivity contribution < 1.29 is 23.8 Å². The largest absolute Gasteiger partial charge is 0.493 e. The molecule has 0 spiro atoms. The van der Waals surface area contributed by atoms with Gasteiger partial charge >= 0.3 is 5.97 Å². The third-order valence-electron chi connectivity index (χ3n) is 6.42. The fraction of sp³-hybridized carbons (Fsp3) is 0.286. The molecule has 1 unspecified atom stereocenters. The van der Waals surface area contributed by atoms with Gasteiger partial charge in [-0.3, -0.25) is 4.79 Å². The summed E-state index contributed by atoms with van der Waals surface area (Å²) < 4.78 is 11.9. The van der Waals surface area contributed by atoms with Crippen molar-refractivity contribution in [1.82, 2.24) is 10.3 Å². The summed E-state index contributed by atoms with van der Waals surface area (Å²) in [6.07, 6.45) is 3.38. The van der Waals surface area contributed by atoms with Crippen LogP contribution in [0.4, 0.5) is 0 Å². The second-order valence-electron chi connectivity index (χ2n) is 8.76. The molecular weight excluding hydrogens is 444 g/mol. The molecule has 182 valence electrons. The van der Waals surface area contributed by atoms with Gasteiger partial charge < -0.3 is 24.6 Å². The van der Waals surface area contributed by atoms with Crippen molar-refractivity contribution in [2.75, 3.05) is 6.61 Å². The second kappa shape index (κ2) is 9.70. The third kappa shape index (κ3) is 4.67. The minimum Gasteiger partial charge on any atom is -0.493 e. The lowest BCUT2D eigenvalue weighted by Crippen LogP contribution is -2.41. The van der Waals surface area contributed by atoms with Gasteiger partial charge in [-0.15, -0.1) is 0 Å². The molecule has 1 amide bonds. The van der Waals surface area contributed by atoms with E-state index in [2.05, 4.69) is 10.3 Å². The normalized spacial score (nSPS) is 12.8. The molecule has 4 rings (SSSR count). The summed E-state index contributed by atoms with van der Waals surface area (Å²) in [4.78, 5) is 28.0. The smallest absolute Gasteiger partial charge is 0.326 e. The number of aryl methyl sites for hydroxylation is 3. The number of benzene rings is 2. The van der Waals surface area contributed by atoms with Crippen LogP contribution in [0.5, 0.6) is 5.75 Å².